The highest BCUT2D eigenvalue weighted by Gasteiger charge is 2.33. The van der Waals surface area contributed by atoms with Crippen LogP contribution in [0.3, 0.4) is 0 Å². The van der Waals surface area contributed by atoms with Crippen molar-refractivity contribution in [1.29, 1.82) is 0 Å². The number of nitrogens with two attached hydrogens (primary N) is 1. The maximum Gasteiger partial charge on any atom is 0.0329 e. The molecule has 18 heavy (non-hydrogen) atoms. The van der Waals surface area contributed by atoms with E-state index >= 15 is 0 Å². The lowest BCUT2D eigenvalue weighted by molar-refractivity contribution is 0.0804. The number of nitrogens with zero attached hydrogens (tertiary/aromatic N) is 1. The monoisotopic (exact) mass is 256 g/mol. The van der Waals surface area contributed by atoms with Crippen molar-refractivity contribution in [2.45, 2.75) is 91.1 Å². The first-order chi connectivity index (χ1) is 8.56. The Balaban J connectivity index is 4.20. The predicted octanol–water partition coefficient (Wildman–Crippen LogP) is 4.18. The third-order valence-corrected chi connectivity index (χ3v) is 4.62. The minimum Gasteiger partial charge on any atom is -0.326 e. The SMILES string of the molecule is CCCCCCCC(N)C(C)(CC)N(CC)CC. The van der Waals surface area contributed by atoms with Gasteiger partial charge in [-0.25, -0.2) is 0 Å². The summed E-state index contributed by atoms with van der Waals surface area (Å²) >= 11 is 0. The van der Waals surface area contributed by atoms with Gasteiger partial charge >= 0.3 is 0 Å². The van der Waals surface area contributed by atoms with Crippen molar-refractivity contribution < 1.29 is 0 Å². The molecule has 2 unspecified atom stereocenters. The summed E-state index contributed by atoms with van der Waals surface area (Å²) in [4.78, 5) is 2.53. The second kappa shape index (κ2) is 9.80. The molecule has 0 aromatic carbocycles. The van der Waals surface area contributed by atoms with E-state index in [9.17, 15) is 0 Å². The van der Waals surface area contributed by atoms with E-state index in [2.05, 4.69) is 39.5 Å². The van der Waals surface area contributed by atoms with Crippen molar-refractivity contribution in [2.75, 3.05) is 13.1 Å². The molecular weight excluding hydrogens is 220 g/mol. The first-order valence-electron chi connectivity index (χ1n) is 8.07. The number of likely N-dealkylation sites (N-methyl/N-ethyl adjacent to an activating group) is 1. The van der Waals surface area contributed by atoms with Crippen molar-refractivity contribution in [3.8, 4) is 0 Å². The Labute approximate surface area is 115 Å². The summed E-state index contributed by atoms with van der Waals surface area (Å²) in [5.74, 6) is 0. The number of hydrogen-bond donors (Lipinski definition) is 1. The van der Waals surface area contributed by atoms with Crippen molar-refractivity contribution in [3.63, 3.8) is 0 Å². The van der Waals surface area contributed by atoms with Crippen molar-refractivity contribution in [1.82, 2.24) is 4.90 Å². The Morgan fingerprint density at radius 1 is 0.944 bits per heavy atom. The van der Waals surface area contributed by atoms with E-state index < -0.39 is 0 Å². The van der Waals surface area contributed by atoms with Gasteiger partial charge in [0.15, 0.2) is 0 Å². The third-order valence-electron chi connectivity index (χ3n) is 4.62. The maximum absolute atomic E-state index is 6.49. The van der Waals surface area contributed by atoms with Gasteiger partial charge in [-0.05, 0) is 32.9 Å². The van der Waals surface area contributed by atoms with Crippen LogP contribution < -0.4 is 5.73 Å². The van der Waals surface area contributed by atoms with E-state index in [1.165, 1.54) is 38.5 Å². The van der Waals surface area contributed by atoms with Gasteiger partial charge in [0, 0.05) is 11.6 Å². The number of hydrogen-bond acceptors (Lipinski definition) is 2. The molecule has 110 valence electrons. The van der Waals surface area contributed by atoms with Crippen LogP contribution in [0.1, 0.15) is 79.6 Å². The predicted molar refractivity (Wildman–Crippen MR) is 83.0 cm³/mol. The molecule has 0 radical (unpaired) electrons. The summed E-state index contributed by atoms with van der Waals surface area (Å²) in [7, 11) is 0. The van der Waals surface area contributed by atoms with Crippen LogP contribution in [0, 0.1) is 0 Å². The minimum absolute atomic E-state index is 0.175. The van der Waals surface area contributed by atoms with Gasteiger partial charge in [-0.3, -0.25) is 4.90 Å². The molecule has 0 fully saturated rings. The molecule has 0 aromatic heterocycles. The molecule has 0 saturated heterocycles. The summed E-state index contributed by atoms with van der Waals surface area (Å²) in [6, 6.07) is 0.309. The van der Waals surface area contributed by atoms with Crippen LogP contribution in [0.4, 0.5) is 0 Å². The van der Waals surface area contributed by atoms with Crippen molar-refractivity contribution >= 4 is 0 Å². The van der Waals surface area contributed by atoms with Gasteiger partial charge in [0.1, 0.15) is 0 Å². The van der Waals surface area contributed by atoms with Crippen LogP contribution in [0.5, 0.6) is 0 Å². The molecule has 0 spiro atoms. The van der Waals surface area contributed by atoms with Crippen LogP contribution in [0.25, 0.3) is 0 Å². The molecule has 0 amide bonds. The maximum atomic E-state index is 6.49. The normalized spacial score (nSPS) is 16.8. The Hall–Kier alpha value is -0.0800. The molecule has 0 aliphatic heterocycles. The molecule has 0 heterocycles. The molecule has 0 bridgehead atoms. The Bertz CT molecular complexity index is 190. The zero-order chi connectivity index (χ0) is 14.0. The van der Waals surface area contributed by atoms with Crippen LogP contribution in [-0.4, -0.2) is 29.6 Å². The van der Waals surface area contributed by atoms with E-state index in [1.807, 2.05) is 0 Å². The summed E-state index contributed by atoms with van der Waals surface area (Å²) in [5.41, 5.74) is 6.66. The van der Waals surface area contributed by atoms with E-state index in [0.29, 0.717) is 6.04 Å². The van der Waals surface area contributed by atoms with Crippen molar-refractivity contribution in [3.05, 3.63) is 0 Å². The Kier molecular flexibility index (Phi) is 9.76. The lowest BCUT2D eigenvalue weighted by atomic mass is 9.84. The standard InChI is InChI=1S/C16H36N2/c1-6-10-11-12-13-14-15(17)16(5,7-2)18(8-3)9-4/h15H,6-14,17H2,1-5H3. The fraction of sp³-hybridized carbons (Fsp3) is 1.00. The Morgan fingerprint density at radius 2 is 1.50 bits per heavy atom. The van der Waals surface area contributed by atoms with Crippen LogP contribution in [0.2, 0.25) is 0 Å². The van der Waals surface area contributed by atoms with Gasteiger partial charge in [0.2, 0.25) is 0 Å². The molecule has 2 N–H and O–H groups in total. The second-order valence-electron chi connectivity index (χ2n) is 5.69. The van der Waals surface area contributed by atoms with E-state index in [1.54, 1.807) is 0 Å². The summed E-state index contributed by atoms with van der Waals surface area (Å²) in [5, 5.41) is 0. The van der Waals surface area contributed by atoms with Crippen molar-refractivity contribution in [2.24, 2.45) is 5.73 Å². The van der Waals surface area contributed by atoms with Gasteiger partial charge in [0.25, 0.3) is 0 Å². The summed E-state index contributed by atoms with van der Waals surface area (Å²) in [6.07, 6.45) is 9.01. The molecular formula is C16H36N2. The topological polar surface area (TPSA) is 29.3 Å². The highest BCUT2D eigenvalue weighted by atomic mass is 15.2. The number of unbranched alkanes of at least 4 members (excludes halogenated alkanes) is 4. The average molecular weight is 256 g/mol. The van der Waals surface area contributed by atoms with Gasteiger partial charge < -0.3 is 5.73 Å². The molecule has 0 aromatic rings. The molecule has 0 aliphatic rings. The quantitative estimate of drug-likeness (QED) is 0.562. The lowest BCUT2D eigenvalue weighted by Crippen LogP contribution is -2.57. The van der Waals surface area contributed by atoms with E-state index in [4.69, 9.17) is 5.73 Å². The third kappa shape index (κ3) is 5.27. The smallest absolute Gasteiger partial charge is 0.0329 e. The molecule has 2 nitrogen and oxygen atoms in total. The van der Waals surface area contributed by atoms with Gasteiger partial charge in [-0.15, -0.1) is 0 Å². The van der Waals surface area contributed by atoms with Gasteiger partial charge in [-0.1, -0.05) is 59.8 Å². The van der Waals surface area contributed by atoms with E-state index in [0.717, 1.165) is 19.5 Å². The fourth-order valence-corrected chi connectivity index (χ4v) is 2.95. The number of rotatable bonds is 11. The first kappa shape index (κ1) is 17.9. The van der Waals surface area contributed by atoms with Gasteiger partial charge in [-0.2, -0.15) is 0 Å². The zero-order valence-corrected chi connectivity index (χ0v) is 13.5. The van der Waals surface area contributed by atoms with Gasteiger partial charge in [0.05, 0.1) is 0 Å². The summed E-state index contributed by atoms with van der Waals surface area (Å²) in [6.45, 7) is 13.6. The molecule has 2 atom stereocenters. The minimum atomic E-state index is 0.175. The van der Waals surface area contributed by atoms with E-state index in [-0.39, 0.29) is 5.54 Å². The highest BCUT2D eigenvalue weighted by molar-refractivity contribution is 4.93. The van der Waals surface area contributed by atoms with Crippen LogP contribution >= 0.6 is 0 Å². The molecule has 0 saturated carbocycles. The second-order valence-corrected chi connectivity index (χ2v) is 5.69. The first-order valence-corrected chi connectivity index (χ1v) is 8.07. The molecule has 2 heteroatoms. The Morgan fingerprint density at radius 3 is 1.94 bits per heavy atom. The highest BCUT2D eigenvalue weighted by Crippen LogP contribution is 2.25. The average Bonchev–Trinajstić information content (AvgIpc) is 2.39. The lowest BCUT2D eigenvalue weighted by Gasteiger charge is -2.44. The largest absolute Gasteiger partial charge is 0.326 e. The molecule has 0 aliphatic carbocycles. The van der Waals surface area contributed by atoms with Crippen LogP contribution in [0.15, 0.2) is 0 Å². The molecule has 0 rings (SSSR count). The van der Waals surface area contributed by atoms with Crippen LogP contribution in [-0.2, 0) is 0 Å². The zero-order valence-electron chi connectivity index (χ0n) is 13.5. The summed E-state index contributed by atoms with van der Waals surface area (Å²) < 4.78 is 0. The fourth-order valence-electron chi connectivity index (χ4n) is 2.95.